The molecule has 0 bridgehead atoms. The van der Waals surface area contributed by atoms with Gasteiger partial charge in [0.15, 0.2) is 0 Å². The summed E-state index contributed by atoms with van der Waals surface area (Å²) >= 11 is 4.25. The fraction of sp³-hybridized carbons (Fsp3) is 1.00. The number of nitrogens with zero attached hydrogens (tertiary/aromatic N) is 1. The molecule has 1 nitrogen and oxygen atoms in total. The van der Waals surface area contributed by atoms with Crippen LogP contribution in [0.3, 0.4) is 0 Å². The molecule has 0 saturated carbocycles. The molecule has 14 heavy (non-hydrogen) atoms. The van der Waals surface area contributed by atoms with Crippen LogP contribution in [0.15, 0.2) is 0 Å². The highest BCUT2D eigenvalue weighted by Crippen LogP contribution is 2.36. The van der Waals surface area contributed by atoms with Crippen LogP contribution >= 0.6 is 12.6 Å². The van der Waals surface area contributed by atoms with E-state index >= 15 is 0 Å². The maximum atomic E-state index is 4.25. The zero-order chi connectivity index (χ0) is 10.4. The van der Waals surface area contributed by atoms with Gasteiger partial charge in [-0.25, -0.2) is 0 Å². The van der Waals surface area contributed by atoms with Crippen LogP contribution in [0.2, 0.25) is 0 Å². The number of thiol groups is 1. The molecule has 0 aromatic carbocycles. The lowest BCUT2D eigenvalue weighted by atomic mass is 9.82. The highest BCUT2D eigenvalue weighted by molar-refractivity contribution is 7.80. The van der Waals surface area contributed by atoms with E-state index in [9.17, 15) is 0 Å². The molecule has 0 atom stereocenters. The van der Waals surface area contributed by atoms with Crippen molar-refractivity contribution in [2.24, 2.45) is 5.41 Å². The molecule has 0 amide bonds. The van der Waals surface area contributed by atoms with Crippen LogP contribution < -0.4 is 0 Å². The predicted molar refractivity (Wildman–Crippen MR) is 67.2 cm³/mol. The van der Waals surface area contributed by atoms with Crippen molar-refractivity contribution in [3.05, 3.63) is 0 Å². The first kappa shape index (κ1) is 12.4. The van der Waals surface area contributed by atoms with Crippen molar-refractivity contribution in [2.75, 3.05) is 25.4 Å². The Morgan fingerprint density at radius 2 is 1.93 bits per heavy atom. The van der Waals surface area contributed by atoms with E-state index in [2.05, 4.69) is 31.4 Å². The lowest BCUT2D eigenvalue weighted by Gasteiger charge is -2.26. The summed E-state index contributed by atoms with van der Waals surface area (Å²) in [6, 6.07) is 0. The van der Waals surface area contributed by atoms with Gasteiger partial charge in [-0.1, -0.05) is 13.8 Å². The number of rotatable bonds is 6. The van der Waals surface area contributed by atoms with E-state index in [1.54, 1.807) is 0 Å². The average molecular weight is 215 g/mol. The molecule has 1 saturated heterocycles. The Bertz CT molecular complexity index is 154. The zero-order valence-corrected chi connectivity index (χ0v) is 10.7. The van der Waals surface area contributed by atoms with Gasteiger partial charge in [0, 0.05) is 6.54 Å². The molecule has 1 rings (SSSR count). The summed E-state index contributed by atoms with van der Waals surface area (Å²) in [5.41, 5.74) is 0.654. The second-order valence-corrected chi connectivity index (χ2v) is 5.11. The summed E-state index contributed by atoms with van der Waals surface area (Å²) < 4.78 is 0. The highest BCUT2D eigenvalue weighted by Gasteiger charge is 2.34. The molecule has 1 fully saturated rings. The van der Waals surface area contributed by atoms with Gasteiger partial charge in [0.2, 0.25) is 0 Å². The van der Waals surface area contributed by atoms with Gasteiger partial charge in [0.1, 0.15) is 0 Å². The van der Waals surface area contributed by atoms with Crippen LogP contribution in [-0.2, 0) is 0 Å². The van der Waals surface area contributed by atoms with E-state index in [1.165, 1.54) is 51.7 Å². The molecule has 1 heterocycles. The standard InChI is InChI=1S/C12H25NS/c1-3-12(4-2)7-9-13(11-12)8-5-6-10-14/h14H,3-11H2,1-2H3. The molecule has 84 valence electrons. The molecule has 2 heteroatoms. The molecule has 1 aliphatic heterocycles. The molecule has 0 radical (unpaired) electrons. The van der Waals surface area contributed by atoms with Crippen LogP contribution in [0.5, 0.6) is 0 Å². The van der Waals surface area contributed by atoms with Gasteiger partial charge in [0.25, 0.3) is 0 Å². The summed E-state index contributed by atoms with van der Waals surface area (Å²) in [5.74, 6) is 1.04. The van der Waals surface area contributed by atoms with Crippen LogP contribution in [0, 0.1) is 5.41 Å². The number of hydrogen-bond donors (Lipinski definition) is 1. The van der Waals surface area contributed by atoms with Gasteiger partial charge in [-0.05, 0) is 56.4 Å². The van der Waals surface area contributed by atoms with Crippen molar-refractivity contribution < 1.29 is 0 Å². The second-order valence-electron chi connectivity index (χ2n) is 4.66. The van der Waals surface area contributed by atoms with Gasteiger partial charge < -0.3 is 4.90 Å². The molecule has 0 aromatic rings. The highest BCUT2D eigenvalue weighted by atomic mass is 32.1. The predicted octanol–water partition coefficient (Wildman–Crippen LogP) is 3.21. The molecule has 0 spiro atoms. The lowest BCUT2D eigenvalue weighted by molar-refractivity contribution is 0.239. The summed E-state index contributed by atoms with van der Waals surface area (Å²) in [5, 5.41) is 0. The van der Waals surface area contributed by atoms with E-state index in [4.69, 9.17) is 0 Å². The third kappa shape index (κ3) is 3.16. The largest absolute Gasteiger partial charge is 0.303 e. The minimum Gasteiger partial charge on any atom is -0.303 e. The SMILES string of the molecule is CCC1(CC)CCN(CCCCS)C1. The van der Waals surface area contributed by atoms with Crippen molar-refractivity contribution in [2.45, 2.75) is 46.0 Å². The van der Waals surface area contributed by atoms with Crippen LogP contribution in [0.1, 0.15) is 46.0 Å². The van der Waals surface area contributed by atoms with Crippen molar-refractivity contribution >= 4 is 12.6 Å². The van der Waals surface area contributed by atoms with Crippen LogP contribution in [0.25, 0.3) is 0 Å². The smallest absolute Gasteiger partial charge is 0.00382 e. The first-order chi connectivity index (χ1) is 6.76. The zero-order valence-electron chi connectivity index (χ0n) is 9.76. The average Bonchev–Trinajstić information content (AvgIpc) is 2.63. The van der Waals surface area contributed by atoms with E-state index in [1.807, 2.05) is 0 Å². The number of hydrogen-bond acceptors (Lipinski definition) is 2. The third-order valence-corrected chi connectivity index (χ3v) is 4.22. The molecule has 0 unspecified atom stereocenters. The Kier molecular flexibility index (Phi) is 5.32. The Balaban J connectivity index is 2.25. The fourth-order valence-corrected chi connectivity index (χ4v) is 2.72. The maximum absolute atomic E-state index is 4.25. The molecule has 0 aromatic heterocycles. The fourth-order valence-electron chi connectivity index (χ4n) is 2.49. The van der Waals surface area contributed by atoms with Gasteiger partial charge >= 0.3 is 0 Å². The van der Waals surface area contributed by atoms with Gasteiger partial charge in [-0.2, -0.15) is 12.6 Å². The third-order valence-electron chi connectivity index (χ3n) is 3.90. The first-order valence-corrected chi connectivity index (χ1v) is 6.73. The summed E-state index contributed by atoms with van der Waals surface area (Å²) in [4.78, 5) is 2.65. The van der Waals surface area contributed by atoms with E-state index in [-0.39, 0.29) is 0 Å². The molecular formula is C12H25NS. The first-order valence-electron chi connectivity index (χ1n) is 6.09. The summed E-state index contributed by atoms with van der Waals surface area (Å²) in [6.45, 7) is 8.66. The van der Waals surface area contributed by atoms with E-state index in [0.29, 0.717) is 5.41 Å². The van der Waals surface area contributed by atoms with Crippen molar-refractivity contribution in [1.82, 2.24) is 4.90 Å². The minimum atomic E-state index is 0.654. The minimum absolute atomic E-state index is 0.654. The monoisotopic (exact) mass is 215 g/mol. The lowest BCUT2D eigenvalue weighted by Crippen LogP contribution is -2.27. The second kappa shape index (κ2) is 6.02. The van der Waals surface area contributed by atoms with Crippen molar-refractivity contribution in [3.63, 3.8) is 0 Å². The summed E-state index contributed by atoms with van der Waals surface area (Å²) in [6.07, 6.45) is 6.72. The summed E-state index contributed by atoms with van der Waals surface area (Å²) in [7, 11) is 0. The number of likely N-dealkylation sites (tertiary alicyclic amines) is 1. The topological polar surface area (TPSA) is 3.24 Å². The normalized spacial score (nSPS) is 21.6. The Hall–Kier alpha value is 0.310. The van der Waals surface area contributed by atoms with E-state index in [0.717, 1.165) is 5.75 Å². The quantitative estimate of drug-likeness (QED) is 0.526. The Morgan fingerprint density at radius 3 is 2.43 bits per heavy atom. The number of unbranched alkanes of at least 4 members (excludes halogenated alkanes) is 1. The molecule has 0 N–H and O–H groups in total. The van der Waals surface area contributed by atoms with Crippen LogP contribution in [-0.4, -0.2) is 30.3 Å². The van der Waals surface area contributed by atoms with Gasteiger partial charge in [-0.3, -0.25) is 0 Å². The molecule has 1 aliphatic rings. The maximum Gasteiger partial charge on any atom is 0.00382 e. The Morgan fingerprint density at radius 1 is 1.21 bits per heavy atom. The van der Waals surface area contributed by atoms with Crippen molar-refractivity contribution in [3.8, 4) is 0 Å². The van der Waals surface area contributed by atoms with Gasteiger partial charge in [0.05, 0.1) is 0 Å². The Labute approximate surface area is 94.7 Å². The van der Waals surface area contributed by atoms with Crippen LogP contribution in [0.4, 0.5) is 0 Å². The van der Waals surface area contributed by atoms with E-state index < -0.39 is 0 Å². The van der Waals surface area contributed by atoms with Crippen molar-refractivity contribution in [1.29, 1.82) is 0 Å². The molecular weight excluding hydrogens is 190 g/mol. The van der Waals surface area contributed by atoms with Gasteiger partial charge in [-0.15, -0.1) is 0 Å². The molecule has 0 aliphatic carbocycles.